The fraction of sp³-hybridized carbons (Fsp3) is 0.222. The van der Waals surface area contributed by atoms with Crippen LogP contribution in [0.1, 0.15) is 59.4 Å². The van der Waals surface area contributed by atoms with Crippen LogP contribution in [0.5, 0.6) is 0 Å². The number of nitriles is 2. The summed E-state index contributed by atoms with van der Waals surface area (Å²) in [5.74, 6) is 0. The van der Waals surface area contributed by atoms with Crippen LogP contribution in [0.4, 0.5) is 0 Å². The van der Waals surface area contributed by atoms with Crippen molar-refractivity contribution < 1.29 is 4.74 Å². The van der Waals surface area contributed by atoms with Gasteiger partial charge in [-0.25, -0.2) is 4.98 Å². The van der Waals surface area contributed by atoms with Crippen molar-refractivity contribution in [2.45, 2.75) is 32.5 Å². The molecule has 0 saturated carbocycles. The number of aromatic nitrogens is 2. The van der Waals surface area contributed by atoms with Crippen molar-refractivity contribution in [1.82, 2.24) is 9.55 Å². The molecule has 5 nitrogen and oxygen atoms in total. The van der Waals surface area contributed by atoms with E-state index < -0.39 is 0 Å². The van der Waals surface area contributed by atoms with Crippen LogP contribution in [0.15, 0.2) is 73.2 Å². The zero-order chi connectivity index (χ0) is 22.8. The summed E-state index contributed by atoms with van der Waals surface area (Å²) in [5.41, 5.74) is 5.02. The average Bonchev–Trinajstić information content (AvgIpc) is 3.25. The number of aryl methyl sites for hydroxylation is 1. The molecular formula is C27H26N4O. The first-order valence-corrected chi connectivity index (χ1v) is 10.6. The van der Waals surface area contributed by atoms with Gasteiger partial charge in [-0.15, -0.1) is 0 Å². The van der Waals surface area contributed by atoms with Gasteiger partial charge in [0.1, 0.15) is 6.10 Å². The molecule has 5 heteroatoms. The second-order valence-corrected chi connectivity index (χ2v) is 7.46. The first-order chi connectivity index (χ1) is 15.7. The maximum absolute atomic E-state index is 9.31. The second kappa shape index (κ2) is 11.5. The van der Waals surface area contributed by atoms with Gasteiger partial charge in [-0.1, -0.05) is 55.8 Å². The van der Waals surface area contributed by atoms with Gasteiger partial charge in [-0.3, -0.25) is 0 Å². The molecule has 32 heavy (non-hydrogen) atoms. The molecule has 160 valence electrons. The van der Waals surface area contributed by atoms with Crippen LogP contribution in [-0.2, 0) is 18.4 Å². The van der Waals surface area contributed by atoms with Gasteiger partial charge in [0.2, 0.25) is 0 Å². The predicted octanol–water partition coefficient (Wildman–Crippen LogP) is 5.84. The Kier molecular flexibility index (Phi) is 8.15. The number of hydrogen-bond donors (Lipinski definition) is 0. The molecule has 0 aliphatic heterocycles. The van der Waals surface area contributed by atoms with Gasteiger partial charge in [0.15, 0.2) is 0 Å². The highest BCUT2D eigenvalue weighted by atomic mass is 16.5. The van der Waals surface area contributed by atoms with Gasteiger partial charge in [0, 0.05) is 7.05 Å². The lowest BCUT2D eigenvalue weighted by Crippen LogP contribution is -2.11. The number of rotatable bonds is 9. The van der Waals surface area contributed by atoms with E-state index in [-0.39, 0.29) is 6.10 Å². The first-order valence-electron chi connectivity index (χ1n) is 10.6. The van der Waals surface area contributed by atoms with E-state index in [1.807, 2.05) is 60.2 Å². The summed E-state index contributed by atoms with van der Waals surface area (Å²) in [5, 5.41) is 18.4. The Bertz CT molecular complexity index is 1170. The number of unbranched alkanes of at least 4 members (excludes halogenated alkanes) is 1. The maximum Gasteiger partial charge on any atom is 0.124 e. The van der Waals surface area contributed by atoms with E-state index in [4.69, 9.17) is 10.00 Å². The lowest BCUT2D eigenvalue weighted by molar-refractivity contribution is 0.0621. The maximum atomic E-state index is 9.31. The zero-order valence-electron chi connectivity index (χ0n) is 18.4. The van der Waals surface area contributed by atoms with Crippen LogP contribution < -0.4 is 0 Å². The van der Waals surface area contributed by atoms with Crippen molar-refractivity contribution in [1.29, 1.82) is 10.5 Å². The molecule has 3 aromatic rings. The van der Waals surface area contributed by atoms with E-state index in [1.54, 1.807) is 24.7 Å². The summed E-state index contributed by atoms with van der Waals surface area (Å²) >= 11 is 0. The highest BCUT2D eigenvalue weighted by molar-refractivity contribution is 5.57. The fourth-order valence-corrected chi connectivity index (χ4v) is 3.33. The van der Waals surface area contributed by atoms with Gasteiger partial charge in [-0.05, 0) is 47.4 Å². The number of hydrogen-bond acceptors (Lipinski definition) is 4. The lowest BCUT2D eigenvalue weighted by Gasteiger charge is -2.20. The van der Waals surface area contributed by atoms with Crippen molar-refractivity contribution in [3.8, 4) is 12.1 Å². The van der Waals surface area contributed by atoms with E-state index in [2.05, 4.69) is 30.1 Å². The summed E-state index contributed by atoms with van der Waals surface area (Å²) in [7, 11) is 1.93. The van der Waals surface area contributed by atoms with E-state index in [9.17, 15) is 5.26 Å². The SMILES string of the molecule is CCC/C=C/C=C/c1cc(C#N)ccc1COC(c1ccc(C#N)cc1)c1cncn1C. The molecule has 1 aromatic heterocycles. The Balaban J connectivity index is 1.87. The predicted molar refractivity (Wildman–Crippen MR) is 125 cm³/mol. The van der Waals surface area contributed by atoms with Crippen LogP contribution in [0.25, 0.3) is 6.08 Å². The summed E-state index contributed by atoms with van der Waals surface area (Å²) in [6, 6.07) is 17.4. The molecule has 0 amide bonds. The molecule has 0 saturated heterocycles. The third-order valence-electron chi connectivity index (χ3n) is 5.12. The Hall–Kier alpha value is -3.93. The molecule has 0 aliphatic carbocycles. The van der Waals surface area contributed by atoms with Crippen LogP contribution in [-0.4, -0.2) is 9.55 Å². The minimum Gasteiger partial charge on any atom is -0.362 e. The van der Waals surface area contributed by atoms with Crippen LogP contribution >= 0.6 is 0 Å². The number of nitrogens with zero attached hydrogens (tertiary/aromatic N) is 4. The molecule has 0 spiro atoms. The molecule has 1 heterocycles. The van der Waals surface area contributed by atoms with Crippen molar-refractivity contribution in [2.24, 2.45) is 7.05 Å². The van der Waals surface area contributed by atoms with E-state index in [0.717, 1.165) is 35.2 Å². The van der Waals surface area contributed by atoms with E-state index in [1.165, 1.54) is 0 Å². The summed E-state index contributed by atoms with van der Waals surface area (Å²) in [6.07, 6.45) is 13.5. The normalized spacial score (nSPS) is 12.1. The second-order valence-electron chi connectivity index (χ2n) is 7.46. The molecule has 2 aromatic carbocycles. The molecule has 0 radical (unpaired) electrons. The van der Waals surface area contributed by atoms with Gasteiger partial charge in [-0.2, -0.15) is 10.5 Å². The highest BCUT2D eigenvalue weighted by Gasteiger charge is 2.19. The minimum atomic E-state index is -0.341. The Morgan fingerprint density at radius 1 is 1.06 bits per heavy atom. The molecule has 1 atom stereocenters. The average molecular weight is 423 g/mol. The van der Waals surface area contributed by atoms with E-state index >= 15 is 0 Å². The molecule has 0 N–H and O–H groups in total. The van der Waals surface area contributed by atoms with Crippen molar-refractivity contribution in [3.63, 3.8) is 0 Å². The van der Waals surface area contributed by atoms with Crippen LogP contribution in [0, 0.1) is 22.7 Å². The van der Waals surface area contributed by atoms with Gasteiger partial charge < -0.3 is 9.30 Å². The zero-order valence-corrected chi connectivity index (χ0v) is 18.4. The molecule has 1 unspecified atom stereocenters. The van der Waals surface area contributed by atoms with Gasteiger partial charge >= 0.3 is 0 Å². The first kappa shape index (κ1) is 22.7. The molecule has 0 aliphatic rings. The van der Waals surface area contributed by atoms with Crippen molar-refractivity contribution in [3.05, 3.63) is 107 Å². The number of allylic oxidation sites excluding steroid dienone is 3. The molecule has 0 bridgehead atoms. The van der Waals surface area contributed by atoms with Crippen molar-refractivity contribution >= 4 is 6.08 Å². The number of ether oxygens (including phenoxy) is 1. The molecule has 3 rings (SSSR count). The number of imidazole rings is 1. The third kappa shape index (κ3) is 5.82. The topological polar surface area (TPSA) is 74.6 Å². The minimum absolute atomic E-state index is 0.341. The third-order valence-corrected chi connectivity index (χ3v) is 5.12. The van der Waals surface area contributed by atoms with Crippen LogP contribution in [0.3, 0.4) is 0 Å². The summed E-state index contributed by atoms with van der Waals surface area (Å²) < 4.78 is 8.32. The molecule has 0 fully saturated rings. The highest BCUT2D eigenvalue weighted by Crippen LogP contribution is 2.28. The monoisotopic (exact) mass is 422 g/mol. The quantitative estimate of drug-likeness (QED) is 0.406. The Morgan fingerprint density at radius 3 is 2.47 bits per heavy atom. The van der Waals surface area contributed by atoms with E-state index in [0.29, 0.717) is 17.7 Å². The summed E-state index contributed by atoms with van der Waals surface area (Å²) in [4.78, 5) is 4.24. The van der Waals surface area contributed by atoms with Crippen LogP contribution in [0.2, 0.25) is 0 Å². The fourth-order valence-electron chi connectivity index (χ4n) is 3.33. The Labute approximate surface area is 189 Å². The summed E-state index contributed by atoms with van der Waals surface area (Å²) in [6.45, 7) is 2.51. The number of benzene rings is 2. The van der Waals surface area contributed by atoms with Gasteiger partial charge in [0.25, 0.3) is 0 Å². The standard InChI is InChI=1S/C27H26N4O/c1-3-4-5-6-7-8-24-15-22(17-29)11-14-25(24)19-32-27(26-18-30-20-31(26)2)23-12-9-21(16-28)10-13-23/h5-15,18,20,27H,3-4,19H2,1-2H3/b6-5+,8-7+. The molecular weight excluding hydrogens is 396 g/mol. The lowest BCUT2D eigenvalue weighted by atomic mass is 10.0. The smallest absolute Gasteiger partial charge is 0.124 e. The van der Waals surface area contributed by atoms with Crippen molar-refractivity contribution in [2.75, 3.05) is 0 Å². The largest absolute Gasteiger partial charge is 0.362 e. The Morgan fingerprint density at radius 2 is 1.81 bits per heavy atom. The van der Waals surface area contributed by atoms with Gasteiger partial charge in [0.05, 0.1) is 48.1 Å².